The van der Waals surface area contributed by atoms with Gasteiger partial charge in [-0.15, -0.1) is 0 Å². The first-order valence-electron chi connectivity index (χ1n) is 12.3. The second kappa shape index (κ2) is 12.6. The van der Waals surface area contributed by atoms with E-state index in [2.05, 4.69) is 19.2 Å². The van der Waals surface area contributed by atoms with Crippen LogP contribution in [-0.2, 0) is 14.8 Å². The molecule has 0 atom stereocenters. The molecule has 1 aliphatic rings. The van der Waals surface area contributed by atoms with Crippen LogP contribution in [0.3, 0.4) is 0 Å². The molecule has 0 radical (unpaired) electrons. The molecular weight excluding hydrogens is 464 g/mol. The van der Waals surface area contributed by atoms with Crippen molar-refractivity contribution in [2.24, 2.45) is 0 Å². The third-order valence-electron chi connectivity index (χ3n) is 6.29. The van der Waals surface area contributed by atoms with E-state index in [1.165, 1.54) is 36.4 Å². The lowest BCUT2D eigenvalue weighted by Gasteiger charge is -2.25. The summed E-state index contributed by atoms with van der Waals surface area (Å²) in [6.07, 6.45) is 7.52. The van der Waals surface area contributed by atoms with E-state index >= 15 is 0 Å². The number of anilines is 1. The van der Waals surface area contributed by atoms with E-state index in [4.69, 9.17) is 0 Å². The lowest BCUT2D eigenvalue weighted by molar-refractivity contribution is -0.119. The van der Waals surface area contributed by atoms with Crippen molar-refractivity contribution >= 4 is 33.4 Å². The Hall–Kier alpha value is -1.99. The van der Waals surface area contributed by atoms with Crippen LogP contribution in [0.4, 0.5) is 5.69 Å². The van der Waals surface area contributed by atoms with Crippen molar-refractivity contribution in [3.63, 3.8) is 0 Å². The number of carbonyl (C=O) groups excluding carboxylic acids is 1. The van der Waals surface area contributed by atoms with Crippen LogP contribution >= 0.6 is 11.8 Å². The predicted molar refractivity (Wildman–Crippen MR) is 143 cm³/mol. The Bertz CT molecular complexity index is 1010. The molecule has 3 rings (SSSR count). The first-order valence-corrected chi connectivity index (χ1v) is 14.8. The molecule has 2 aromatic carbocycles. The number of carbonyl (C=O) groups is 1. The number of thioether (sulfide) groups is 1. The normalized spacial score (nSPS) is 14.8. The minimum absolute atomic E-state index is 0.183. The Kier molecular flexibility index (Phi) is 9.89. The van der Waals surface area contributed by atoms with Gasteiger partial charge in [0.2, 0.25) is 5.91 Å². The minimum Gasteiger partial charge on any atom is -0.354 e. The zero-order valence-corrected chi connectivity index (χ0v) is 22.3. The van der Waals surface area contributed by atoms with Gasteiger partial charge in [0.05, 0.1) is 10.6 Å². The van der Waals surface area contributed by atoms with Crippen LogP contribution in [-0.4, -0.2) is 38.4 Å². The van der Waals surface area contributed by atoms with Crippen LogP contribution in [0.1, 0.15) is 69.4 Å². The lowest BCUT2D eigenvalue weighted by Crippen LogP contribution is -2.41. The molecule has 0 aliphatic heterocycles. The SMILES string of the molecule is Cc1ccc(S(=O)(=O)N(CC(=O)NCCCSC2CCCCC2)c2ccc(C(C)C)cc2)cc1. The van der Waals surface area contributed by atoms with E-state index in [0.29, 0.717) is 18.2 Å². The highest BCUT2D eigenvalue weighted by molar-refractivity contribution is 7.99. The molecule has 1 saturated carbocycles. The fourth-order valence-electron chi connectivity index (χ4n) is 4.15. The largest absolute Gasteiger partial charge is 0.354 e. The quantitative estimate of drug-likeness (QED) is 0.389. The van der Waals surface area contributed by atoms with E-state index in [9.17, 15) is 13.2 Å². The first kappa shape index (κ1) is 26.6. The average molecular weight is 503 g/mol. The van der Waals surface area contributed by atoms with E-state index in [1.807, 2.05) is 30.8 Å². The Labute approximate surface area is 209 Å². The van der Waals surface area contributed by atoms with Crippen LogP contribution < -0.4 is 9.62 Å². The van der Waals surface area contributed by atoms with Gasteiger partial charge >= 0.3 is 0 Å². The van der Waals surface area contributed by atoms with Gasteiger partial charge < -0.3 is 5.32 Å². The van der Waals surface area contributed by atoms with Crippen LogP contribution in [0.25, 0.3) is 0 Å². The summed E-state index contributed by atoms with van der Waals surface area (Å²) in [5.41, 5.74) is 2.60. The third-order valence-corrected chi connectivity index (χ3v) is 9.55. The van der Waals surface area contributed by atoms with Gasteiger partial charge in [0.15, 0.2) is 0 Å². The molecule has 1 aliphatic carbocycles. The van der Waals surface area contributed by atoms with Gasteiger partial charge in [0.25, 0.3) is 10.0 Å². The molecular formula is C27H38N2O3S2. The fourth-order valence-corrected chi connectivity index (χ4v) is 6.88. The fraction of sp³-hybridized carbons (Fsp3) is 0.519. The summed E-state index contributed by atoms with van der Waals surface area (Å²) in [6, 6.07) is 14.2. The molecule has 0 saturated heterocycles. The summed E-state index contributed by atoms with van der Waals surface area (Å²) in [5.74, 6) is 1.07. The topological polar surface area (TPSA) is 66.5 Å². The average Bonchev–Trinajstić information content (AvgIpc) is 2.83. The molecule has 0 aromatic heterocycles. The maximum atomic E-state index is 13.5. The summed E-state index contributed by atoms with van der Waals surface area (Å²) < 4.78 is 28.2. The molecule has 1 amide bonds. The molecule has 0 spiro atoms. The number of nitrogens with one attached hydrogen (secondary N) is 1. The molecule has 1 N–H and O–H groups in total. The molecule has 0 bridgehead atoms. The summed E-state index contributed by atoms with van der Waals surface area (Å²) in [7, 11) is -3.88. The Balaban J connectivity index is 1.65. The molecule has 5 nitrogen and oxygen atoms in total. The monoisotopic (exact) mass is 502 g/mol. The standard InChI is InChI=1S/C27H38N2O3S2/c1-21(2)23-12-14-24(15-13-23)29(34(31,32)26-16-10-22(3)11-17-26)20-27(30)28-18-7-19-33-25-8-5-4-6-9-25/h10-17,21,25H,4-9,18-20H2,1-3H3,(H,28,30). The van der Waals surface area contributed by atoms with Crippen molar-refractivity contribution in [3.8, 4) is 0 Å². The highest BCUT2D eigenvalue weighted by atomic mass is 32.2. The highest BCUT2D eigenvalue weighted by Crippen LogP contribution is 2.28. The van der Waals surface area contributed by atoms with Crippen molar-refractivity contribution in [1.82, 2.24) is 5.32 Å². The molecule has 7 heteroatoms. The van der Waals surface area contributed by atoms with Gasteiger partial charge in [0.1, 0.15) is 6.54 Å². The molecule has 34 heavy (non-hydrogen) atoms. The van der Waals surface area contributed by atoms with Gasteiger partial charge in [-0.2, -0.15) is 11.8 Å². The maximum Gasteiger partial charge on any atom is 0.264 e. The highest BCUT2D eigenvalue weighted by Gasteiger charge is 2.27. The molecule has 2 aromatic rings. The predicted octanol–water partition coefficient (Wildman–Crippen LogP) is 5.89. The first-order chi connectivity index (χ1) is 16.3. The smallest absolute Gasteiger partial charge is 0.264 e. The number of amides is 1. The number of hydrogen-bond acceptors (Lipinski definition) is 4. The van der Waals surface area contributed by atoms with E-state index in [1.54, 1.807) is 36.4 Å². The number of nitrogens with zero attached hydrogens (tertiary/aromatic N) is 1. The maximum absolute atomic E-state index is 13.5. The summed E-state index contributed by atoms with van der Waals surface area (Å²) >= 11 is 2.01. The summed E-state index contributed by atoms with van der Waals surface area (Å²) in [5, 5.41) is 3.68. The Morgan fingerprint density at radius 2 is 1.68 bits per heavy atom. The third kappa shape index (κ3) is 7.51. The van der Waals surface area contributed by atoms with E-state index < -0.39 is 10.0 Å². The van der Waals surface area contributed by atoms with E-state index in [-0.39, 0.29) is 17.3 Å². The molecule has 186 valence electrons. The van der Waals surface area contributed by atoms with Crippen molar-refractivity contribution in [2.75, 3.05) is 23.1 Å². The van der Waals surface area contributed by atoms with Crippen LogP contribution in [0.2, 0.25) is 0 Å². The second-order valence-corrected chi connectivity index (χ2v) is 12.7. The molecule has 0 unspecified atom stereocenters. The number of rotatable bonds is 11. The zero-order chi connectivity index (χ0) is 24.6. The van der Waals surface area contributed by atoms with Crippen LogP contribution in [0.5, 0.6) is 0 Å². The summed E-state index contributed by atoms with van der Waals surface area (Å²) in [4.78, 5) is 13.0. The Morgan fingerprint density at radius 1 is 1.03 bits per heavy atom. The number of benzene rings is 2. The zero-order valence-electron chi connectivity index (χ0n) is 20.6. The Morgan fingerprint density at radius 3 is 2.29 bits per heavy atom. The van der Waals surface area contributed by atoms with Crippen molar-refractivity contribution < 1.29 is 13.2 Å². The van der Waals surface area contributed by atoms with Crippen molar-refractivity contribution in [3.05, 3.63) is 59.7 Å². The van der Waals surface area contributed by atoms with Crippen LogP contribution in [0, 0.1) is 6.92 Å². The second-order valence-electron chi connectivity index (χ2n) is 9.41. The van der Waals surface area contributed by atoms with Crippen LogP contribution in [0.15, 0.2) is 53.4 Å². The van der Waals surface area contributed by atoms with Gasteiger partial charge in [0, 0.05) is 11.8 Å². The van der Waals surface area contributed by atoms with Gasteiger partial charge in [-0.05, 0) is 67.7 Å². The lowest BCUT2D eigenvalue weighted by atomic mass is 10.0. The molecule has 0 heterocycles. The van der Waals surface area contributed by atoms with Gasteiger partial charge in [-0.25, -0.2) is 8.42 Å². The summed E-state index contributed by atoms with van der Waals surface area (Å²) in [6.45, 7) is 6.42. The minimum atomic E-state index is -3.88. The van der Waals surface area contributed by atoms with Crippen molar-refractivity contribution in [1.29, 1.82) is 0 Å². The van der Waals surface area contributed by atoms with E-state index in [0.717, 1.165) is 28.6 Å². The number of aryl methyl sites for hydroxylation is 1. The molecule has 1 fully saturated rings. The van der Waals surface area contributed by atoms with Gasteiger partial charge in [-0.1, -0.05) is 62.9 Å². The van der Waals surface area contributed by atoms with Gasteiger partial charge in [-0.3, -0.25) is 9.10 Å². The number of sulfonamides is 1. The number of hydrogen-bond donors (Lipinski definition) is 1. The van der Waals surface area contributed by atoms with Crippen molar-refractivity contribution in [2.45, 2.75) is 75.4 Å².